The highest BCUT2D eigenvalue weighted by molar-refractivity contribution is 5.91. The third-order valence-corrected chi connectivity index (χ3v) is 14.7. The first-order valence-corrected chi connectivity index (χ1v) is 26.9. The average molecular weight is 1950 g/mol. The third-order valence-electron chi connectivity index (χ3n) is 14.7. The molecule has 0 saturated carbocycles. The predicted molar refractivity (Wildman–Crippen MR) is 232 cm³/mol. The van der Waals surface area contributed by atoms with Gasteiger partial charge in [-0.15, -0.1) is 0 Å². The van der Waals surface area contributed by atoms with Crippen LogP contribution in [0.15, 0.2) is 12.2 Å². The van der Waals surface area contributed by atoms with Gasteiger partial charge in [0.05, 0.1) is 12.8 Å². The number of carbonyl (C=O) groups excluding carboxylic acids is 4. The first kappa shape index (κ1) is 113. The summed E-state index contributed by atoms with van der Waals surface area (Å²) in [6.45, 7) is -6.49. The molecular formula is C46H18F66O8. The minimum atomic E-state index is -10.6. The fraction of sp³-hybridized carbons (Fsp3) is 0.870. The predicted octanol–water partition coefficient (Wildman–Crippen LogP) is 21.5. The van der Waals surface area contributed by atoms with Crippen LogP contribution in [0, 0.1) is 0 Å². The second-order valence-electron chi connectivity index (χ2n) is 23.0. The highest BCUT2D eigenvalue weighted by atomic mass is 19.5. The lowest BCUT2D eigenvalue weighted by molar-refractivity contribution is -0.491. The van der Waals surface area contributed by atoms with Gasteiger partial charge in [0.25, 0.3) is 0 Å². The van der Waals surface area contributed by atoms with E-state index in [1.807, 2.05) is 0 Å². The molecule has 712 valence electrons. The molecule has 0 heterocycles. The van der Waals surface area contributed by atoms with Crippen molar-refractivity contribution in [2.24, 2.45) is 0 Å². The van der Waals surface area contributed by atoms with E-state index in [1.165, 1.54) is 0 Å². The van der Waals surface area contributed by atoms with Gasteiger partial charge in [0, 0.05) is 26.0 Å². The van der Waals surface area contributed by atoms with Crippen molar-refractivity contribution in [3.63, 3.8) is 0 Å². The van der Waals surface area contributed by atoms with Crippen molar-refractivity contribution in [3.8, 4) is 0 Å². The minimum absolute atomic E-state index is 0.329. The Balaban J connectivity index is 7.41. The second kappa shape index (κ2) is 30.4. The molecule has 8 nitrogen and oxygen atoms in total. The highest BCUT2D eigenvalue weighted by Gasteiger charge is 3.05. The molecule has 2 unspecified atom stereocenters. The molecule has 0 aliphatic rings. The maximum Gasteiger partial charge on any atom is 0.460 e. The van der Waals surface area contributed by atoms with Gasteiger partial charge in [-0.05, 0) is 0 Å². The molecule has 0 aliphatic heterocycles. The van der Waals surface area contributed by atoms with E-state index in [9.17, 15) is 309 Å². The molecule has 0 N–H and O–H groups in total. The van der Waals surface area contributed by atoms with Gasteiger partial charge in [0.15, 0.2) is 0 Å². The van der Waals surface area contributed by atoms with E-state index < -0.39 is 264 Å². The van der Waals surface area contributed by atoms with E-state index in [0.717, 1.165) is 0 Å². The zero-order valence-corrected chi connectivity index (χ0v) is 53.3. The lowest BCUT2D eigenvalue weighted by Gasteiger charge is -2.47. The van der Waals surface area contributed by atoms with Gasteiger partial charge in [0.2, 0.25) is 0 Å². The maximum absolute atomic E-state index is 14.9. The van der Waals surface area contributed by atoms with Gasteiger partial charge in [0.1, 0.15) is 25.4 Å². The lowest BCUT2D eigenvalue weighted by Crippen LogP contribution is -2.80. The van der Waals surface area contributed by atoms with Crippen LogP contribution in [-0.2, 0) is 38.1 Å². The summed E-state index contributed by atoms with van der Waals surface area (Å²) in [5.41, 5.74) is 0. The summed E-state index contributed by atoms with van der Waals surface area (Å²) in [4.78, 5) is 46.8. The summed E-state index contributed by atoms with van der Waals surface area (Å²) >= 11 is 0. The number of carbonyl (C=O) groups is 4. The molecule has 0 amide bonds. The van der Waals surface area contributed by atoms with Crippen molar-refractivity contribution in [1.29, 1.82) is 0 Å². The van der Waals surface area contributed by atoms with Crippen molar-refractivity contribution in [3.05, 3.63) is 12.2 Å². The normalized spacial score (nSPS) is 17.0. The maximum atomic E-state index is 14.9. The van der Waals surface area contributed by atoms with Crippen molar-refractivity contribution in [2.75, 3.05) is 13.2 Å². The van der Waals surface area contributed by atoms with E-state index in [1.54, 1.807) is 0 Å². The Morgan fingerprint density at radius 2 is 0.300 bits per heavy atom. The van der Waals surface area contributed by atoms with Crippen LogP contribution in [0.5, 0.6) is 0 Å². The van der Waals surface area contributed by atoms with Crippen molar-refractivity contribution < 1.29 is 328 Å². The molecule has 0 aliphatic carbocycles. The molecule has 2 atom stereocenters. The van der Waals surface area contributed by atoms with Gasteiger partial charge < -0.3 is 18.9 Å². The molecule has 0 bridgehead atoms. The number of esters is 4. The average Bonchev–Trinajstić information content (AvgIpc) is 0.680. The molecule has 0 fully saturated rings. The molecule has 0 aromatic heterocycles. The molecular weight excluding hydrogens is 1930 g/mol. The number of alkyl halides is 66. The van der Waals surface area contributed by atoms with Crippen molar-refractivity contribution in [2.45, 2.75) is 229 Å². The molecule has 74 heteroatoms. The fourth-order valence-electron chi connectivity index (χ4n) is 7.70. The van der Waals surface area contributed by atoms with Crippen LogP contribution < -0.4 is 0 Å². The van der Waals surface area contributed by atoms with Gasteiger partial charge in [-0.25, -0.2) is 9.59 Å². The topological polar surface area (TPSA) is 105 Å². The van der Waals surface area contributed by atoms with E-state index in [-0.39, 0.29) is 13.8 Å². The van der Waals surface area contributed by atoms with Crippen LogP contribution >= 0.6 is 0 Å². The SMILES string of the molecule is CC(=O)OC(COC(=O)/C=C\C(=O)OCC(CC(F)(F)C(F)(F)C(F)(F)C(F)(F)C(F)(F)C(F)(F)C(F)(F)C(F)(F)C(F)(F)C(F)(F)C(F)(F)C(F)(F)C(F)(F)C(F)(F)C(F)(F)C(F)(F)F)OC(C)=O)CC(F)(F)C(F)(F)C(F)(F)C(F)(F)C(F)(F)C(F)(F)C(F)(F)C(F)(F)C(F)(F)C(F)(F)C(F)(F)C(F)(F)C(F)(F)C(F)(F)C(F)(F)C(F)(F)F. The first-order chi connectivity index (χ1) is 51.1. The summed E-state index contributed by atoms with van der Waals surface area (Å²) in [6.07, 6.45) is -35.8. The van der Waals surface area contributed by atoms with Crippen LogP contribution in [0.3, 0.4) is 0 Å². The van der Waals surface area contributed by atoms with Gasteiger partial charge >= 0.3 is 214 Å². The first-order valence-electron chi connectivity index (χ1n) is 26.9. The van der Waals surface area contributed by atoms with Crippen LogP contribution in [0.1, 0.15) is 26.7 Å². The third kappa shape index (κ3) is 15.3. The van der Waals surface area contributed by atoms with E-state index in [2.05, 4.69) is 18.9 Å². The zero-order chi connectivity index (χ0) is 98.5. The Labute approximate surface area is 606 Å². The quantitative estimate of drug-likeness (QED) is 0.0259. The number of ether oxygens (including phenoxy) is 4. The molecule has 0 radical (unpaired) electrons. The van der Waals surface area contributed by atoms with Gasteiger partial charge in [-0.3, -0.25) is 9.59 Å². The Hall–Kier alpha value is -7.00. The number of rotatable bonds is 40. The van der Waals surface area contributed by atoms with Gasteiger partial charge in [-0.1, -0.05) is 0 Å². The zero-order valence-electron chi connectivity index (χ0n) is 53.3. The van der Waals surface area contributed by atoms with Crippen LogP contribution in [-0.4, -0.2) is 239 Å². The summed E-state index contributed by atoms with van der Waals surface area (Å²) in [5, 5.41) is 0. The molecule has 0 saturated heterocycles. The van der Waals surface area contributed by atoms with E-state index in [4.69, 9.17) is 0 Å². The van der Waals surface area contributed by atoms with Crippen LogP contribution in [0.4, 0.5) is 290 Å². The van der Waals surface area contributed by atoms with Crippen LogP contribution in [0.25, 0.3) is 0 Å². The van der Waals surface area contributed by atoms with E-state index >= 15 is 0 Å². The van der Waals surface area contributed by atoms with Crippen molar-refractivity contribution in [1.82, 2.24) is 0 Å². The Morgan fingerprint density at radius 3 is 0.408 bits per heavy atom. The van der Waals surface area contributed by atoms with Crippen molar-refractivity contribution >= 4 is 23.9 Å². The standard InChI is InChI=1S/C46H18F66O8/c1-9(113)119-11(5-15(47,48)17(51,52)19(55,56)21(59,60)23(63,64)25(67,68)27(71,72)29(75,76)31(79,80)33(83,84)35(87,88)37(91,92)39(95,96)41(99,100)43(103,104)45(107,108)109)7-117-13(115)3-4-14(116)118-8-12(120-10(2)114)6-16(49,50)18(53,54)20(57,58)22(61,62)24(65,66)26(69,70)28(73,74)30(77,78)32(81,82)34(85,86)36(89,90)38(93,94)40(97,98)42(101,102)44(105,106)46(110,111)112/h3-4,11-12H,5-8H2,1-2H3/b4-3-. The Kier molecular flexibility index (Phi) is 28.6. The largest absolute Gasteiger partial charge is 0.460 e. The minimum Gasteiger partial charge on any atom is -0.459 e. The lowest BCUT2D eigenvalue weighted by atomic mass is 9.82. The second-order valence-corrected chi connectivity index (χ2v) is 23.0. The monoisotopic (exact) mass is 1950 g/mol. The molecule has 0 aromatic rings. The molecule has 0 aromatic carbocycles. The highest BCUT2D eigenvalue weighted by Crippen LogP contribution is 2.74. The summed E-state index contributed by atoms with van der Waals surface area (Å²) in [5.74, 6) is -310. The van der Waals surface area contributed by atoms with E-state index in [0.29, 0.717) is 0 Å². The molecule has 0 spiro atoms. The number of hydrogen-bond donors (Lipinski definition) is 0. The smallest absolute Gasteiger partial charge is 0.459 e. The summed E-state index contributed by atoms with van der Waals surface area (Å²) < 4.78 is 939. The number of hydrogen-bond acceptors (Lipinski definition) is 8. The Morgan fingerprint density at radius 1 is 0.192 bits per heavy atom. The van der Waals surface area contributed by atoms with Crippen LogP contribution in [0.2, 0.25) is 0 Å². The molecule has 120 heavy (non-hydrogen) atoms. The van der Waals surface area contributed by atoms with Gasteiger partial charge in [-0.2, -0.15) is 290 Å². The summed E-state index contributed by atoms with van der Waals surface area (Å²) in [6, 6.07) is 0. The molecule has 0 rings (SSSR count). The fourth-order valence-corrected chi connectivity index (χ4v) is 7.70. The number of halogens is 66. The summed E-state index contributed by atoms with van der Waals surface area (Å²) in [7, 11) is 0. The Bertz CT molecular complexity index is 3460.